The van der Waals surface area contributed by atoms with Gasteiger partial charge in [-0.3, -0.25) is 9.36 Å². The molecule has 0 N–H and O–H groups in total. The van der Waals surface area contributed by atoms with Crippen molar-refractivity contribution in [1.82, 2.24) is 19.7 Å². The average Bonchev–Trinajstić information content (AvgIpc) is 3.17. The van der Waals surface area contributed by atoms with Crippen LogP contribution >= 0.6 is 23.4 Å². The van der Waals surface area contributed by atoms with Gasteiger partial charge in [0.15, 0.2) is 11.0 Å². The molecule has 0 aliphatic carbocycles. The number of piperidine rings is 1. The number of nitrogens with zero attached hydrogens (tertiary/aromatic N) is 4. The number of hydrogen-bond acceptors (Lipinski definition) is 4. The molecule has 4 rings (SSSR count). The smallest absolute Gasteiger partial charge is 0.233 e. The Labute approximate surface area is 199 Å². The number of rotatable bonds is 5. The molecule has 1 aromatic heterocycles. The Morgan fingerprint density at radius 3 is 2.53 bits per heavy atom. The molecule has 0 unspecified atom stereocenters. The first-order valence-electron chi connectivity index (χ1n) is 11.1. The third kappa shape index (κ3) is 4.57. The van der Waals surface area contributed by atoms with Crippen molar-refractivity contribution in [2.24, 2.45) is 0 Å². The van der Waals surface area contributed by atoms with E-state index in [0.717, 1.165) is 35.2 Å². The number of halogens is 1. The molecule has 1 fully saturated rings. The number of aryl methyl sites for hydroxylation is 2. The van der Waals surface area contributed by atoms with E-state index in [1.54, 1.807) is 0 Å². The van der Waals surface area contributed by atoms with Gasteiger partial charge in [-0.15, -0.1) is 10.2 Å². The maximum absolute atomic E-state index is 13.1. The molecule has 1 saturated heterocycles. The molecule has 7 heteroatoms. The molecule has 32 heavy (non-hydrogen) atoms. The number of carbonyl (C=O) groups is 1. The summed E-state index contributed by atoms with van der Waals surface area (Å²) < 4.78 is 2.03. The average molecular weight is 469 g/mol. The first kappa shape index (κ1) is 22.9. The molecule has 1 aliphatic rings. The standard InChI is InChI=1S/C25H29ClN4OS/c1-16-12-13-17(2)22(14-16)30-24(20-10-5-6-11-21(20)26)27-28-25(30)32-15-23(31)29-18(3)8-7-9-19(29)4/h5-6,10-14,18-19H,7-9,15H2,1-4H3/t18-,19+. The van der Waals surface area contributed by atoms with E-state index in [4.69, 9.17) is 11.6 Å². The molecule has 1 amide bonds. The van der Waals surface area contributed by atoms with Gasteiger partial charge in [0.25, 0.3) is 0 Å². The Morgan fingerprint density at radius 2 is 1.81 bits per heavy atom. The molecule has 0 saturated carbocycles. The van der Waals surface area contributed by atoms with Crippen LogP contribution in [0.1, 0.15) is 44.2 Å². The fourth-order valence-corrected chi connectivity index (χ4v) is 5.51. The lowest BCUT2D eigenvalue weighted by atomic mass is 9.98. The second kappa shape index (κ2) is 9.67. The SMILES string of the molecule is Cc1ccc(C)c(-n2c(SCC(=O)N3[C@H](C)CCC[C@@H]3C)nnc2-c2ccccc2Cl)c1. The maximum atomic E-state index is 13.1. The van der Waals surface area contributed by atoms with E-state index in [1.807, 2.05) is 33.7 Å². The van der Waals surface area contributed by atoms with E-state index in [-0.39, 0.29) is 18.0 Å². The van der Waals surface area contributed by atoms with Crippen molar-refractivity contribution in [1.29, 1.82) is 0 Å². The molecule has 2 heterocycles. The van der Waals surface area contributed by atoms with Gasteiger partial charge in [0, 0.05) is 17.6 Å². The number of benzene rings is 2. The van der Waals surface area contributed by atoms with Crippen molar-refractivity contribution in [3.8, 4) is 17.1 Å². The quantitative estimate of drug-likeness (QED) is 0.425. The van der Waals surface area contributed by atoms with E-state index in [0.29, 0.717) is 21.8 Å². The third-order valence-electron chi connectivity index (χ3n) is 6.16. The Bertz CT molecular complexity index is 1120. The van der Waals surface area contributed by atoms with Crippen LogP contribution in [0.4, 0.5) is 0 Å². The summed E-state index contributed by atoms with van der Waals surface area (Å²) in [6.45, 7) is 8.43. The summed E-state index contributed by atoms with van der Waals surface area (Å²) in [4.78, 5) is 15.2. The minimum Gasteiger partial charge on any atom is -0.337 e. The summed E-state index contributed by atoms with van der Waals surface area (Å²) in [6.07, 6.45) is 3.31. The van der Waals surface area contributed by atoms with E-state index >= 15 is 0 Å². The van der Waals surface area contributed by atoms with Crippen LogP contribution in [-0.2, 0) is 4.79 Å². The highest BCUT2D eigenvalue weighted by Crippen LogP contribution is 2.34. The van der Waals surface area contributed by atoms with Gasteiger partial charge in [-0.2, -0.15) is 0 Å². The zero-order valence-corrected chi connectivity index (χ0v) is 20.6. The van der Waals surface area contributed by atoms with Gasteiger partial charge >= 0.3 is 0 Å². The van der Waals surface area contributed by atoms with Crippen LogP contribution in [0.3, 0.4) is 0 Å². The van der Waals surface area contributed by atoms with E-state index in [1.165, 1.54) is 18.2 Å². The predicted octanol–water partition coefficient (Wildman–Crippen LogP) is 6.09. The molecule has 0 radical (unpaired) electrons. The van der Waals surface area contributed by atoms with E-state index in [9.17, 15) is 4.79 Å². The molecule has 0 bridgehead atoms. The van der Waals surface area contributed by atoms with Crippen molar-refractivity contribution in [2.75, 3.05) is 5.75 Å². The monoisotopic (exact) mass is 468 g/mol. The highest BCUT2D eigenvalue weighted by atomic mass is 35.5. The molecule has 2 aromatic carbocycles. The van der Waals surface area contributed by atoms with Gasteiger partial charge in [-0.1, -0.05) is 47.6 Å². The van der Waals surface area contributed by atoms with Gasteiger partial charge in [-0.25, -0.2) is 0 Å². The number of aromatic nitrogens is 3. The van der Waals surface area contributed by atoms with Crippen molar-refractivity contribution in [2.45, 2.75) is 64.2 Å². The van der Waals surface area contributed by atoms with Gasteiger partial charge in [0.05, 0.1) is 16.5 Å². The van der Waals surface area contributed by atoms with Crippen molar-refractivity contribution >= 4 is 29.3 Å². The Hall–Kier alpha value is -2.31. The first-order chi connectivity index (χ1) is 15.4. The normalized spacial score (nSPS) is 18.7. The summed E-state index contributed by atoms with van der Waals surface area (Å²) in [6, 6.07) is 14.5. The lowest BCUT2D eigenvalue weighted by Gasteiger charge is -2.39. The number of likely N-dealkylation sites (tertiary alicyclic amines) is 1. The number of thioether (sulfide) groups is 1. The predicted molar refractivity (Wildman–Crippen MR) is 132 cm³/mol. The largest absolute Gasteiger partial charge is 0.337 e. The second-order valence-electron chi connectivity index (χ2n) is 8.63. The van der Waals surface area contributed by atoms with E-state index in [2.05, 4.69) is 56.1 Å². The Morgan fingerprint density at radius 1 is 1.09 bits per heavy atom. The molecule has 5 nitrogen and oxygen atoms in total. The number of carbonyl (C=O) groups excluding carboxylic acids is 1. The Balaban J connectivity index is 1.70. The summed E-state index contributed by atoms with van der Waals surface area (Å²) in [5.41, 5.74) is 4.07. The lowest BCUT2D eigenvalue weighted by Crippen LogP contribution is -2.48. The third-order valence-corrected chi connectivity index (χ3v) is 7.40. The highest BCUT2D eigenvalue weighted by molar-refractivity contribution is 7.99. The van der Waals surface area contributed by atoms with Gasteiger partial charge < -0.3 is 4.90 Å². The van der Waals surface area contributed by atoms with Crippen molar-refractivity contribution < 1.29 is 4.79 Å². The number of amides is 1. The highest BCUT2D eigenvalue weighted by Gasteiger charge is 2.29. The molecule has 3 aromatic rings. The number of hydrogen-bond donors (Lipinski definition) is 0. The fourth-order valence-electron chi connectivity index (χ4n) is 4.47. The summed E-state index contributed by atoms with van der Waals surface area (Å²) in [5, 5.41) is 10.3. The van der Waals surface area contributed by atoms with Crippen LogP contribution in [0.2, 0.25) is 5.02 Å². The minimum atomic E-state index is 0.157. The maximum Gasteiger partial charge on any atom is 0.233 e. The topological polar surface area (TPSA) is 51.0 Å². The molecule has 2 atom stereocenters. The van der Waals surface area contributed by atoms with Crippen molar-refractivity contribution in [3.05, 3.63) is 58.6 Å². The summed E-state index contributed by atoms with van der Waals surface area (Å²) in [7, 11) is 0. The van der Waals surface area contributed by atoms with E-state index < -0.39 is 0 Å². The zero-order valence-electron chi connectivity index (χ0n) is 19.0. The summed E-state index contributed by atoms with van der Waals surface area (Å²) in [5.74, 6) is 1.17. The Kier molecular flexibility index (Phi) is 6.91. The lowest BCUT2D eigenvalue weighted by molar-refractivity contribution is -0.134. The van der Waals surface area contributed by atoms with Crippen molar-refractivity contribution in [3.63, 3.8) is 0 Å². The zero-order chi connectivity index (χ0) is 22.8. The van der Waals surface area contributed by atoms with Gasteiger partial charge in [0.2, 0.25) is 5.91 Å². The van der Waals surface area contributed by atoms with Crippen LogP contribution < -0.4 is 0 Å². The van der Waals surface area contributed by atoms with Crippen LogP contribution in [0.25, 0.3) is 17.1 Å². The van der Waals surface area contributed by atoms with Gasteiger partial charge in [-0.05, 0) is 76.3 Å². The molecule has 0 spiro atoms. The molecule has 168 valence electrons. The summed E-state index contributed by atoms with van der Waals surface area (Å²) >= 11 is 7.95. The molecular weight excluding hydrogens is 440 g/mol. The molecular formula is C25H29ClN4OS. The minimum absolute atomic E-state index is 0.157. The molecule has 1 aliphatic heterocycles. The first-order valence-corrected chi connectivity index (χ1v) is 12.4. The fraction of sp³-hybridized carbons (Fsp3) is 0.400. The van der Waals surface area contributed by atoms with Crippen LogP contribution in [0.15, 0.2) is 47.6 Å². The van der Waals surface area contributed by atoms with Gasteiger partial charge in [0.1, 0.15) is 0 Å². The van der Waals surface area contributed by atoms with Crippen LogP contribution in [0.5, 0.6) is 0 Å². The second-order valence-corrected chi connectivity index (χ2v) is 9.98. The van der Waals surface area contributed by atoms with Crippen LogP contribution in [-0.4, -0.2) is 43.4 Å². The van der Waals surface area contributed by atoms with Crippen LogP contribution in [0, 0.1) is 13.8 Å².